The number of piperidine rings is 1. The van der Waals surface area contributed by atoms with Crippen molar-refractivity contribution in [1.29, 1.82) is 0 Å². The van der Waals surface area contributed by atoms with Gasteiger partial charge in [-0.2, -0.15) is 0 Å². The monoisotopic (exact) mass is 253 g/mol. The topological polar surface area (TPSA) is 58.4 Å². The molecule has 4 nitrogen and oxygen atoms in total. The number of carbonyl (C=O) groups is 1. The lowest BCUT2D eigenvalue weighted by Crippen LogP contribution is -2.47. The second-order valence-electron chi connectivity index (χ2n) is 5.93. The molecule has 1 aliphatic heterocycles. The van der Waals surface area contributed by atoms with E-state index in [0.717, 1.165) is 45.4 Å². The molecule has 4 heteroatoms. The largest absolute Gasteiger partial charge is 0.353 e. The van der Waals surface area contributed by atoms with E-state index in [9.17, 15) is 4.79 Å². The summed E-state index contributed by atoms with van der Waals surface area (Å²) in [5.74, 6) is 1.15. The van der Waals surface area contributed by atoms with E-state index in [2.05, 4.69) is 17.1 Å². The maximum atomic E-state index is 12.2. The first kappa shape index (κ1) is 13.8. The standard InChI is InChI=1S/C14H27N3O/c1-11-3-2-4-13(11)14(18)16-12-5-8-17(9-6-12)10-7-15/h11-13H,2-10,15H2,1H3,(H,16,18). The average molecular weight is 253 g/mol. The number of carbonyl (C=O) groups excluding carboxylic acids is 1. The number of nitrogens with two attached hydrogens (primary N) is 1. The molecule has 0 aromatic carbocycles. The Balaban J connectivity index is 1.72. The van der Waals surface area contributed by atoms with Crippen molar-refractivity contribution in [2.24, 2.45) is 17.6 Å². The molecule has 2 unspecified atom stereocenters. The molecule has 0 bridgehead atoms. The summed E-state index contributed by atoms with van der Waals surface area (Å²) in [7, 11) is 0. The summed E-state index contributed by atoms with van der Waals surface area (Å²) in [6.07, 6.45) is 5.67. The number of rotatable bonds is 4. The van der Waals surface area contributed by atoms with E-state index < -0.39 is 0 Å². The summed E-state index contributed by atoms with van der Waals surface area (Å²) >= 11 is 0. The zero-order chi connectivity index (χ0) is 13.0. The molecule has 2 rings (SSSR count). The number of hydrogen-bond acceptors (Lipinski definition) is 3. The Hall–Kier alpha value is -0.610. The van der Waals surface area contributed by atoms with Gasteiger partial charge in [-0.25, -0.2) is 0 Å². The van der Waals surface area contributed by atoms with Gasteiger partial charge in [-0.1, -0.05) is 13.3 Å². The highest BCUT2D eigenvalue weighted by Crippen LogP contribution is 2.31. The molecule has 104 valence electrons. The van der Waals surface area contributed by atoms with Crippen molar-refractivity contribution in [2.75, 3.05) is 26.2 Å². The van der Waals surface area contributed by atoms with E-state index >= 15 is 0 Å². The van der Waals surface area contributed by atoms with Crippen molar-refractivity contribution in [3.8, 4) is 0 Å². The van der Waals surface area contributed by atoms with E-state index in [-0.39, 0.29) is 5.92 Å². The number of nitrogens with zero attached hydrogens (tertiary/aromatic N) is 1. The Morgan fingerprint density at radius 2 is 2.00 bits per heavy atom. The predicted molar refractivity (Wildman–Crippen MR) is 73.2 cm³/mol. The molecular formula is C14H27N3O. The third-order valence-corrected chi connectivity index (χ3v) is 4.58. The smallest absolute Gasteiger partial charge is 0.223 e. The highest BCUT2D eigenvalue weighted by atomic mass is 16.2. The van der Waals surface area contributed by atoms with Gasteiger partial charge in [0.25, 0.3) is 0 Å². The molecule has 18 heavy (non-hydrogen) atoms. The summed E-state index contributed by atoms with van der Waals surface area (Å²) in [5, 5.41) is 3.26. The van der Waals surface area contributed by atoms with Crippen molar-refractivity contribution in [3.05, 3.63) is 0 Å². The Labute approximate surface area is 110 Å². The van der Waals surface area contributed by atoms with Crippen LogP contribution in [0.3, 0.4) is 0 Å². The van der Waals surface area contributed by atoms with Gasteiger partial charge in [0.15, 0.2) is 0 Å². The van der Waals surface area contributed by atoms with Gasteiger partial charge >= 0.3 is 0 Å². The van der Waals surface area contributed by atoms with Crippen LogP contribution in [0.4, 0.5) is 0 Å². The molecule has 1 saturated carbocycles. The SMILES string of the molecule is CC1CCCC1C(=O)NC1CCN(CCN)CC1. The van der Waals surface area contributed by atoms with Crippen LogP contribution in [0.1, 0.15) is 39.0 Å². The molecule has 1 aliphatic carbocycles. The van der Waals surface area contributed by atoms with Crippen LogP contribution < -0.4 is 11.1 Å². The summed E-state index contributed by atoms with van der Waals surface area (Å²) < 4.78 is 0. The van der Waals surface area contributed by atoms with E-state index in [1.807, 2.05) is 0 Å². The number of likely N-dealkylation sites (tertiary alicyclic amines) is 1. The van der Waals surface area contributed by atoms with Gasteiger partial charge in [0.05, 0.1) is 0 Å². The van der Waals surface area contributed by atoms with Gasteiger partial charge in [0.1, 0.15) is 0 Å². The fourth-order valence-corrected chi connectivity index (χ4v) is 3.33. The van der Waals surface area contributed by atoms with Gasteiger partial charge in [-0.05, 0) is 31.6 Å². The van der Waals surface area contributed by atoms with E-state index in [1.54, 1.807) is 0 Å². The molecule has 2 atom stereocenters. The molecule has 1 saturated heterocycles. The summed E-state index contributed by atoms with van der Waals surface area (Å²) in [6, 6.07) is 0.388. The van der Waals surface area contributed by atoms with Crippen LogP contribution in [0.15, 0.2) is 0 Å². The molecular weight excluding hydrogens is 226 g/mol. The molecule has 3 N–H and O–H groups in total. The van der Waals surface area contributed by atoms with Gasteiger partial charge in [-0.15, -0.1) is 0 Å². The van der Waals surface area contributed by atoms with Crippen LogP contribution >= 0.6 is 0 Å². The summed E-state index contributed by atoms with van der Waals surface area (Å²) in [5.41, 5.74) is 5.56. The minimum atomic E-state index is 0.270. The molecule has 2 aliphatic rings. The maximum absolute atomic E-state index is 12.2. The number of amides is 1. The van der Waals surface area contributed by atoms with Crippen molar-refractivity contribution in [1.82, 2.24) is 10.2 Å². The van der Waals surface area contributed by atoms with Gasteiger partial charge in [-0.3, -0.25) is 4.79 Å². The lowest BCUT2D eigenvalue weighted by Gasteiger charge is -2.32. The Morgan fingerprint density at radius 1 is 1.28 bits per heavy atom. The fourth-order valence-electron chi connectivity index (χ4n) is 3.33. The van der Waals surface area contributed by atoms with Crippen LogP contribution in [0.5, 0.6) is 0 Å². The molecule has 0 spiro atoms. The van der Waals surface area contributed by atoms with Gasteiger partial charge in [0, 0.05) is 38.1 Å². The average Bonchev–Trinajstić information content (AvgIpc) is 2.78. The molecule has 2 fully saturated rings. The zero-order valence-corrected chi connectivity index (χ0v) is 11.5. The minimum absolute atomic E-state index is 0.270. The highest BCUT2D eigenvalue weighted by Gasteiger charge is 2.31. The van der Waals surface area contributed by atoms with Crippen LogP contribution in [-0.2, 0) is 4.79 Å². The van der Waals surface area contributed by atoms with Crippen molar-refractivity contribution < 1.29 is 4.79 Å². The first-order chi connectivity index (χ1) is 8.70. The third kappa shape index (κ3) is 3.45. The van der Waals surface area contributed by atoms with Crippen LogP contribution in [0.25, 0.3) is 0 Å². The molecule has 0 aromatic heterocycles. The van der Waals surface area contributed by atoms with Crippen molar-refractivity contribution in [3.63, 3.8) is 0 Å². The second-order valence-corrected chi connectivity index (χ2v) is 5.93. The zero-order valence-electron chi connectivity index (χ0n) is 11.5. The highest BCUT2D eigenvalue weighted by molar-refractivity contribution is 5.79. The lowest BCUT2D eigenvalue weighted by atomic mass is 9.96. The molecule has 1 heterocycles. The maximum Gasteiger partial charge on any atom is 0.223 e. The predicted octanol–water partition coefficient (Wildman–Crippen LogP) is 0.962. The number of nitrogens with one attached hydrogen (secondary N) is 1. The minimum Gasteiger partial charge on any atom is -0.353 e. The van der Waals surface area contributed by atoms with Crippen LogP contribution in [0, 0.1) is 11.8 Å². The van der Waals surface area contributed by atoms with Crippen LogP contribution in [-0.4, -0.2) is 43.0 Å². The molecule has 0 radical (unpaired) electrons. The summed E-state index contributed by atoms with van der Waals surface area (Å²) in [6.45, 7) is 6.07. The fraction of sp³-hybridized carbons (Fsp3) is 0.929. The number of hydrogen-bond donors (Lipinski definition) is 2. The first-order valence-electron chi connectivity index (χ1n) is 7.43. The van der Waals surface area contributed by atoms with E-state index in [0.29, 0.717) is 17.9 Å². The Morgan fingerprint density at radius 3 is 2.56 bits per heavy atom. The molecule has 1 amide bonds. The third-order valence-electron chi connectivity index (χ3n) is 4.58. The Kier molecular flexibility index (Phi) is 5.01. The van der Waals surface area contributed by atoms with Gasteiger partial charge in [0.2, 0.25) is 5.91 Å². The summed E-state index contributed by atoms with van der Waals surface area (Å²) in [4.78, 5) is 14.6. The molecule has 0 aromatic rings. The first-order valence-corrected chi connectivity index (χ1v) is 7.43. The lowest BCUT2D eigenvalue weighted by molar-refractivity contribution is -0.126. The van der Waals surface area contributed by atoms with Crippen molar-refractivity contribution >= 4 is 5.91 Å². The second kappa shape index (κ2) is 6.53. The van der Waals surface area contributed by atoms with Crippen molar-refractivity contribution in [2.45, 2.75) is 45.1 Å². The van der Waals surface area contributed by atoms with Crippen LogP contribution in [0.2, 0.25) is 0 Å². The quantitative estimate of drug-likeness (QED) is 0.784. The van der Waals surface area contributed by atoms with Gasteiger partial charge < -0.3 is 16.0 Å². The van der Waals surface area contributed by atoms with E-state index in [1.165, 1.54) is 12.8 Å². The van der Waals surface area contributed by atoms with E-state index in [4.69, 9.17) is 5.73 Å². The Bertz CT molecular complexity index is 274. The normalized spacial score (nSPS) is 30.6.